The average Bonchev–Trinajstić information content (AvgIpc) is 2.61. The lowest BCUT2D eigenvalue weighted by Gasteiger charge is -1.99. The van der Waals surface area contributed by atoms with Crippen molar-refractivity contribution in [2.45, 2.75) is 0 Å². The minimum absolute atomic E-state index is 0.181. The number of aromatic hydroxyl groups is 1. The zero-order valence-corrected chi connectivity index (χ0v) is 8.15. The van der Waals surface area contributed by atoms with Crippen molar-refractivity contribution in [3.05, 3.63) is 34.9 Å². The monoisotopic (exact) mass is 239 g/mol. The van der Waals surface area contributed by atoms with Crippen LogP contribution in [0.15, 0.2) is 39.5 Å². The molecular weight excluding hydrogens is 234 g/mol. The fourth-order valence-electron chi connectivity index (χ4n) is 1.06. The molecule has 66 valence electrons. The van der Waals surface area contributed by atoms with Crippen molar-refractivity contribution >= 4 is 15.9 Å². The van der Waals surface area contributed by atoms with E-state index in [1.165, 1.54) is 6.20 Å². The summed E-state index contributed by atoms with van der Waals surface area (Å²) in [5.74, 6) is 0.735. The van der Waals surface area contributed by atoms with Gasteiger partial charge in [-0.05, 0) is 18.2 Å². The molecule has 3 nitrogen and oxygen atoms in total. The number of aromatic nitrogens is 1. The molecular formula is C9H6BrNO2. The van der Waals surface area contributed by atoms with E-state index in [4.69, 9.17) is 4.52 Å². The Bertz CT molecular complexity index is 412. The summed E-state index contributed by atoms with van der Waals surface area (Å²) in [6.07, 6.45) is 1.54. The van der Waals surface area contributed by atoms with Gasteiger partial charge in [-0.2, -0.15) is 0 Å². The molecule has 0 saturated heterocycles. The van der Waals surface area contributed by atoms with Gasteiger partial charge < -0.3 is 9.63 Å². The van der Waals surface area contributed by atoms with E-state index in [-0.39, 0.29) is 5.75 Å². The molecule has 0 amide bonds. The molecule has 0 bridgehead atoms. The number of halogens is 1. The molecule has 0 unspecified atom stereocenters. The molecule has 1 aromatic carbocycles. The third kappa shape index (κ3) is 1.58. The summed E-state index contributed by atoms with van der Waals surface area (Å²) in [6.45, 7) is 0. The smallest absolute Gasteiger partial charge is 0.170 e. The van der Waals surface area contributed by atoms with Crippen molar-refractivity contribution in [1.82, 2.24) is 5.16 Å². The molecule has 1 heterocycles. The second-order valence-electron chi connectivity index (χ2n) is 2.54. The molecule has 13 heavy (non-hydrogen) atoms. The highest BCUT2D eigenvalue weighted by Gasteiger charge is 2.07. The van der Waals surface area contributed by atoms with Crippen LogP contribution in [0.2, 0.25) is 0 Å². The highest BCUT2D eigenvalue weighted by molar-refractivity contribution is 9.10. The van der Waals surface area contributed by atoms with Crippen LogP contribution in [0, 0.1) is 0 Å². The summed E-state index contributed by atoms with van der Waals surface area (Å²) >= 11 is 3.31. The Balaban J connectivity index is 2.57. The first-order valence-electron chi connectivity index (χ1n) is 3.67. The van der Waals surface area contributed by atoms with Crippen molar-refractivity contribution in [2.75, 3.05) is 0 Å². The lowest BCUT2D eigenvalue weighted by molar-refractivity contribution is 0.426. The Morgan fingerprint density at radius 1 is 1.31 bits per heavy atom. The van der Waals surface area contributed by atoms with Gasteiger partial charge in [0.2, 0.25) is 0 Å². The summed E-state index contributed by atoms with van der Waals surface area (Å²) < 4.78 is 5.81. The molecule has 0 radical (unpaired) electrons. The lowest BCUT2D eigenvalue weighted by Crippen LogP contribution is -1.75. The Morgan fingerprint density at radius 3 is 2.85 bits per heavy atom. The minimum atomic E-state index is 0.181. The van der Waals surface area contributed by atoms with E-state index in [1.54, 1.807) is 24.3 Å². The van der Waals surface area contributed by atoms with Gasteiger partial charge in [-0.3, -0.25) is 0 Å². The van der Waals surface area contributed by atoms with Crippen molar-refractivity contribution in [3.8, 4) is 17.1 Å². The lowest BCUT2D eigenvalue weighted by atomic mass is 10.1. The third-order valence-corrected chi connectivity index (χ3v) is 2.16. The summed E-state index contributed by atoms with van der Waals surface area (Å²) in [5.41, 5.74) is 0.631. The average molecular weight is 240 g/mol. The normalized spacial score (nSPS) is 10.2. The zero-order valence-electron chi connectivity index (χ0n) is 6.57. The van der Waals surface area contributed by atoms with Crippen molar-refractivity contribution < 1.29 is 9.63 Å². The topological polar surface area (TPSA) is 46.3 Å². The van der Waals surface area contributed by atoms with Gasteiger partial charge >= 0.3 is 0 Å². The number of hydrogen-bond donors (Lipinski definition) is 1. The maximum absolute atomic E-state index is 9.50. The van der Waals surface area contributed by atoms with Crippen LogP contribution in [0.5, 0.6) is 5.75 Å². The quantitative estimate of drug-likeness (QED) is 0.833. The summed E-state index contributed by atoms with van der Waals surface area (Å²) in [6, 6.07) is 6.83. The van der Waals surface area contributed by atoms with E-state index in [2.05, 4.69) is 21.1 Å². The molecule has 4 heteroatoms. The molecule has 1 aromatic heterocycles. The van der Waals surface area contributed by atoms with E-state index in [1.807, 2.05) is 0 Å². The molecule has 2 aromatic rings. The summed E-state index contributed by atoms with van der Waals surface area (Å²) in [4.78, 5) is 0. The molecule has 0 aliphatic carbocycles. The van der Waals surface area contributed by atoms with Crippen LogP contribution in [0.1, 0.15) is 0 Å². The highest BCUT2D eigenvalue weighted by atomic mass is 79.9. The van der Waals surface area contributed by atoms with Gasteiger partial charge in [-0.15, -0.1) is 0 Å². The van der Waals surface area contributed by atoms with Crippen LogP contribution in [-0.4, -0.2) is 10.3 Å². The van der Waals surface area contributed by atoms with Gasteiger partial charge in [0.1, 0.15) is 5.75 Å². The van der Waals surface area contributed by atoms with E-state index >= 15 is 0 Å². The van der Waals surface area contributed by atoms with Gasteiger partial charge in [-0.1, -0.05) is 21.1 Å². The SMILES string of the molecule is Oc1ccc(Br)cc1-c1ccno1. The summed E-state index contributed by atoms with van der Waals surface area (Å²) in [7, 11) is 0. The second-order valence-corrected chi connectivity index (χ2v) is 3.45. The number of rotatable bonds is 1. The van der Waals surface area contributed by atoms with Gasteiger partial charge in [0.25, 0.3) is 0 Å². The molecule has 0 spiro atoms. The Kier molecular flexibility index (Phi) is 2.06. The largest absolute Gasteiger partial charge is 0.507 e. The number of benzene rings is 1. The van der Waals surface area contributed by atoms with Crippen molar-refractivity contribution in [1.29, 1.82) is 0 Å². The van der Waals surface area contributed by atoms with Gasteiger partial charge in [0.15, 0.2) is 5.76 Å². The zero-order chi connectivity index (χ0) is 9.26. The molecule has 2 rings (SSSR count). The molecule has 1 N–H and O–H groups in total. The van der Waals surface area contributed by atoms with Gasteiger partial charge in [-0.25, -0.2) is 0 Å². The molecule has 0 aliphatic rings. The van der Waals surface area contributed by atoms with Gasteiger partial charge in [0.05, 0.1) is 11.8 Å². The van der Waals surface area contributed by atoms with E-state index in [0.717, 1.165) is 4.47 Å². The number of phenolic OH excluding ortho intramolecular Hbond substituents is 1. The van der Waals surface area contributed by atoms with E-state index in [0.29, 0.717) is 11.3 Å². The maximum Gasteiger partial charge on any atom is 0.170 e. The number of phenols is 1. The first-order chi connectivity index (χ1) is 6.27. The predicted molar refractivity (Wildman–Crippen MR) is 51.3 cm³/mol. The highest BCUT2D eigenvalue weighted by Crippen LogP contribution is 2.31. The van der Waals surface area contributed by atoms with E-state index in [9.17, 15) is 5.11 Å². The Morgan fingerprint density at radius 2 is 2.15 bits per heavy atom. The molecule has 0 aliphatic heterocycles. The molecule has 0 saturated carbocycles. The first-order valence-corrected chi connectivity index (χ1v) is 4.46. The van der Waals surface area contributed by atoms with Crippen LogP contribution in [0.3, 0.4) is 0 Å². The molecule has 0 fully saturated rings. The standard InChI is InChI=1S/C9H6BrNO2/c10-6-1-2-8(12)7(5-6)9-3-4-11-13-9/h1-5,12H. The number of hydrogen-bond acceptors (Lipinski definition) is 3. The number of nitrogens with zero attached hydrogens (tertiary/aromatic N) is 1. The van der Waals surface area contributed by atoms with Crippen molar-refractivity contribution in [3.63, 3.8) is 0 Å². The van der Waals surface area contributed by atoms with Gasteiger partial charge in [0, 0.05) is 10.5 Å². The predicted octanol–water partition coefficient (Wildman–Crippen LogP) is 2.81. The van der Waals surface area contributed by atoms with Crippen LogP contribution in [0.25, 0.3) is 11.3 Å². The fourth-order valence-corrected chi connectivity index (χ4v) is 1.42. The van der Waals surface area contributed by atoms with Crippen LogP contribution < -0.4 is 0 Å². The first kappa shape index (κ1) is 8.31. The fraction of sp³-hybridized carbons (Fsp3) is 0. The van der Waals surface area contributed by atoms with E-state index < -0.39 is 0 Å². The molecule has 0 atom stereocenters. The Hall–Kier alpha value is -1.29. The summed E-state index contributed by atoms with van der Waals surface area (Å²) in [5, 5.41) is 13.1. The van der Waals surface area contributed by atoms with Crippen LogP contribution in [-0.2, 0) is 0 Å². The second kappa shape index (κ2) is 3.22. The Labute approximate surface area is 83.1 Å². The third-order valence-electron chi connectivity index (χ3n) is 1.66. The van der Waals surface area contributed by atoms with Crippen molar-refractivity contribution in [2.24, 2.45) is 0 Å². The maximum atomic E-state index is 9.50. The van der Waals surface area contributed by atoms with Crippen LogP contribution in [0.4, 0.5) is 0 Å². The van der Waals surface area contributed by atoms with Crippen LogP contribution >= 0.6 is 15.9 Å². The minimum Gasteiger partial charge on any atom is -0.507 e.